The van der Waals surface area contributed by atoms with Crippen LogP contribution in [-0.4, -0.2) is 28.8 Å². The summed E-state index contributed by atoms with van der Waals surface area (Å²) >= 11 is 0. The lowest BCUT2D eigenvalue weighted by Gasteiger charge is -2.19. The molecule has 0 bridgehead atoms. The zero-order valence-electron chi connectivity index (χ0n) is 13.7. The van der Waals surface area contributed by atoms with Crippen LogP contribution in [0, 0.1) is 5.92 Å². The second kappa shape index (κ2) is 7.55. The molecule has 1 unspecified atom stereocenters. The first kappa shape index (κ1) is 15.9. The summed E-state index contributed by atoms with van der Waals surface area (Å²) in [5.74, 6) is 2.47. The Kier molecular flexibility index (Phi) is 5.23. The van der Waals surface area contributed by atoms with Crippen molar-refractivity contribution < 1.29 is 14.0 Å². The highest BCUT2D eigenvalue weighted by atomic mass is 16.5. The molecule has 1 aliphatic carbocycles. The average Bonchev–Trinajstić information content (AvgIpc) is 3.25. The summed E-state index contributed by atoms with van der Waals surface area (Å²) in [6.45, 7) is 2.66. The van der Waals surface area contributed by atoms with Crippen molar-refractivity contribution >= 4 is 0 Å². The molecular weight excluding hydrogens is 294 g/mol. The lowest BCUT2D eigenvalue weighted by molar-refractivity contribution is 0.0127. The number of aromatic nitrogens is 3. The molecule has 1 aliphatic rings. The lowest BCUT2D eigenvalue weighted by atomic mass is 10.0. The van der Waals surface area contributed by atoms with E-state index in [9.17, 15) is 0 Å². The molecule has 2 heterocycles. The minimum atomic E-state index is -0.0520. The fraction of sp³-hybridized carbons (Fsp3) is 0.588. The van der Waals surface area contributed by atoms with Crippen LogP contribution in [-0.2, 0) is 11.2 Å². The Hall–Kier alpha value is -1.95. The van der Waals surface area contributed by atoms with E-state index in [0.717, 1.165) is 11.4 Å². The molecule has 0 N–H and O–H groups in total. The molecular formula is C17H23N3O3. The molecule has 23 heavy (non-hydrogen) atoms. The molecule has 3 rings (SSSR count). The van der Waals surface area contributed by atoms with Crippen molar-refractivity contribution in [3.05, 3.63) is 35.7 Å². The first-order valence-corrected chi connectivity index (χ1v) is 8.23. The number of nitrogens with zero attached hydrogens (tertiary/aromatic N) is 3. The summed E-state index contributed by atoms with van der Waals surface area (Å²) in [6, 6.07) is 3.78. The molecule has 6 nitrogen and oxygen atoms in total. The molecule has 2 aromatic rings. The minimum Gasteiger partial charge on any atom is -0.495 e. The van der Waals surface area contributed by atoms with E-state index in [2.05, 4.69) is 15.1 Å². The second-order valence-corrected chi connectivity index (χ2v) is 5.83. The van der Waals surface area contributed by atoms with Gasteiger partial charge in [-0.1, -0.05) is 18.0 Å². The summed E-state index contributed by atoms with van der Waals surface area (Å²) in [5.41, 5.74) is 0.870. The summed E-state index contributed by atoms with van der Waals surface area (Å²) in [7, 11) is 1.62. The van der Waals surface area contributed by atoms with Crippen molar-refractivity contribution in [3.8, 4) is 5.75 Å². The topological polar surface area (TPSA) is 70.3 Å². The van der Waals surface area contributed by atoms with Gasteiger partial charge in [0.25, 0.3) is 0 Å². The van der Waals surface area contributed by atoms with Crippen LogP contribution in [0.2, 0.25) is 0 Å². The molecule has 2 aromatic heterocycles. The summed E-state index contributed by atoms with van der Waals surface area (Å²) in [5, 5.41) is 4.15. The van der Waals surface area contributed by atoms with Crippen LogP contribution in [0.5, 0.6) is 5.75 Å². The zero-order chi connectivity index (χ0) is 16.1. The number of pyridine rings is 1. The van der Waals surface area contributed by atoms with Crippen LogP contribution in [0.25, 0.3) is 0 Å². The summed E-state index contributed by atoms with van der Waals surface area (Å²) in [4.78, 5) is 8.87. The highest BCUT2D eigenvalue weighted by Gasteiger charge is 2.30. The molecule has 0 aromatic carbocycles. The van der Waals surface area contributed by atoms with Crippen molar-refractivity contribution in [1.29, 1.82) is 0 Å². The number of rotatable bonds is 7. The van der Waals surface area contributed by atoms with Gasteiger partial charge in [0.15, 0.2) is 0 Å². The van der Waals surface area contributed by atoms with Gasteiger partial charge in [0.05, 0.1) is 19.7 Å². The number of methoxy groups -OCH3 is 1. The maximum atomic E-state index is 5.89. The van der Waals surface area contributed by atoms with Crippen LogP contribution in [0.1, 0.15) is 56.1 Å². The average molecular weight is 317 g/mol. The van der Waals surface area contributed by atoms with E-state index in [1.54, 1.807) is 13.3 Å². The Balaban J connectivity index is 1.70. The lowest BCUT2D eigenvalue weighted by Crippen LogP contribution is -2.15. The van der Waals surface area contributed by atoms with Gasteiger partial charge < -0.3 is 14.0 Å². The minimum absolute atomic E-state index is 0.0520. The Morgan fingerprint density at radius 2 is 2.13 bits per heavy atom. The van der Waals surface area contributed by atoms with Gasteiger partial charge >= 0.3 is 0 Å². The Morgan fingerprint density at radius 1 is 1.30 bits per heavy atom. The van der Waals surface area contributed by atoms with Crippen LogP contribution in [0.15, 0.2) is 22.9 Å². The third kappa shape index (κ3) is 3.88. The van der Waals surface area contributed by atoms with Crippen LogP contribution in [0.3, 0.4) is 0 Å². The van der Waals surface area contributed by atoms with Gasteiger partial charge in [0.1, 0.15) is 11.9 Å². The van der Waals surface area contributed by atoms with Crippen LogP contribution < -0.4 is 4.74 Å². The highest BCUT2D eigenvalue weighted by molar-refractivity contribution is 5.21. The monoisotopic (exact) mass is 317 g/mol. The third-order valence-corrected chi connectivity index (χ3v) is 4.28. The van der Waals surface area contributed by atoms with Crippen molar-refractivity contribution in [2.45, 2.75) is 45.1 Å². The molecule has 0 radical (unpaired) electrons. The fourth-order valence-electron chi connectivity index (χ4n) is 3.11. The van der Waals surface area contributed by atoms with Crippen molar-refractivity contribution in [3.63, 3.8) is 0 Å². The first-order chi connectivity index (χ1) is 11.3. The molecule has 124 valence electrons. The number of hydrogen-bond acceptors (Lipinski definition) is 6. The smallest absolute Gasteiger partial charge is 0.232 e. The quantitative estimate of drug-likeness (QED) is 0.780. The third-order valence-electron chi connectivity index (χ3n) is 4.28. The van der Waals surface area contributed by atoms with E-state index < -0.39 is 0 Å². The predicted molar refractivity (Wildman–Crippen MR) is 84.2 cm³/mol. The maximum absolute atomic E-state index is 5.89. The van der Waals surface area contributed by atoms with E-state index in [1.807, 2.05) is 19.1 Å². The largest absolute Gasteiger partial charge is 0.495 e. The van der Waals surface area contributed by atoms with E-state index >= 15 is 0 Å². The molecule has 0 spiro atoms. The number of ether oxygens (including phenoxy) is 2. The van der Waals surface area contributed by atoms with E-state index in [0.29, 0.717) is 30.7 Å². The normalized spacial score (nSPS) is 16.6. The van der Waals surface area contributed by atoms with Gasteiger partial charge in [-0.25, -0.2) is 0 Å². The number of hydrogen-bond donors (Lipinski definition) is 0. The zero-order valence-corrected chi connectivity index (χ0v) is 13.7. The Bertz CT molecular complexity index is 606. The Labute approximate surface area is 136 Å². The second-order valence-electron chi connectivity index (χ2n) is 5.83. The standard InChI is InChI=1S/C17H23N3O3/c1-3-22-16(12-6-4-5-7-12)17-19-15(23-20-17)10-13-8-9-14(21-2)11-18-13/h8-9,11-12,16H,3-7,10H2,1-2H3. The summed E-state index contributed by atoms with van der Waals surface area (Å²) in [6.07, 6.45) is 7.02. The Morgan fingerprint density at radius 3 is 2.78 bits per heavy atom. The molecule has 0 saturated heterocycles. The van der Waals surface area contributed by atoms with Gasteiger partial charge in [-0.3, -0.25) is 4.98 Å². The van der Waals surface area contributed by atoms with E-state index in [4.69, 9.17) is 14.0 Å². The van der Waals surface area contributed by atoms with Gasteiger partial charge in [0.2, 0.25) is 11.7 Å². The van der Waals surface area contributed by atoms with Gasteiger partial charge in [-0.05, 0) is 37.8 Å². The SMILES string of the molecule is CCOC(c1noc(Cc2ccc(OC)cn2)n1)C1CCCC1. The summed E-state index contributed by atoms with van der Waals surface area (Å²) < 4.78 is 16.4. The highest BCUT2D eigenvalue weighted by Crippen LogP contribution is 2.37. The van der Waals surface area contributed by atoms with Crippen LogP contribution in [0.4, 0.5) is 0 Å². The van der Waals surface area contributed by atoms with E-state index in [1.165, 1.54) is 25.7 Å². The first-order valence-electron chi connectivity index (χ1n) is 8.23. The molecule has 1 saturated carbocycles. The van der Waals surface area contributed by atoms with Gasteiger partial charge in [0, 0.05) is 12.3 Å². The molecule has 0 amide bonds. The van der Waals surface area contributed by atoms with Gasteiger partial charge in [-0.15, -0.1) is 0 Å². The fourth-order valence-corrected chi connectivity index (χ4v) is 3.11. The van der Waals surface area contributed by atoms with E-state index in [-0.39, 0.29) is 6.10 Å². The molecule has 1 atom stereocenters. The molecule has 6 heteroatoms. The maximum Gasteiger partial charge on any atom is 0.232 e. The molecule has 1 fully saturated rings. The van der Waals surface area contributed by atoms with Crippen molar-refractivity contribution in [2.75, 3.05) is 13.7 Å². The van der Waals surface area contributed by atoms with Crippen molar-refractivity contribution in [1.82, 2.24) is 15.1 Å². The van der Waals surface area contributed by atoms with Gasteiger partial charge in [-0.2, -0.15) is 4.98 Å². The predicted octanol–water partition coefficient (Wildman–Crippen LogP) is 3.33. The van der Waals surface area contributed by atoms with Crippen molar-refractivity contribution in [2.24, 2.45) is 5.92 Å². The molecule has 0 aliphatic heterocycles. The van der Waals surface area contributed by atoms with Crippen LogP contribution >= 0.6 is 0 Å².